The van der Waals surface area contributed by atoms with E-state index in [0.717, 1.165) is 23.7 Å². The van der Waals surface area contributed by atoms with E-state index in [4.69, 9.17) is 5.11 Å². The van der Waals surface area contributed by atoms with Crippen LogP contribution in [0.2, 0.25) is 0 Å². The summed E-state index contributed by atoms with van der Waals surface area (Å²) in [7, 11) is 0. The Morgan fingerprint density at radius 2 is 1.72 bits per heavy atom. The molecule has 18 heavy (non-hydrogen) atoms. The van der Waals surface area contributed by atoms with E-state index in [1.54, 1.807) is 0 Å². The van der Waals surface area contributed by atoms with Crippen molar-refractivity contribution in [2.75, 3.05) is 0 Å². The number of hydrogen-bond acceptors (Lipinski definition) is 2. The maximum absolute atomic E-state index is 11.1. The van der Waals surface area contributed by atoms with Crippen molar-refractivity contribution in [3.63, 3.8) is 0 Å². The third kappa shape index (κ3) is 2.02. The fourth-order valence-corrected chi connectivity index (χ4v) is 5.02. The molecule has 1 amide bonds. The van der Waals surface area contributed by atoms with Crippen LogP contribution in [0, 0.1) is 29.6 Å². The van der Waals surface area contributed by atoms with Gasteiger partial charge >= 0.3 is 5.97 Å². The minimum absolute atomic E-state index is 0.520. The zero-order valence-electron chi connectivity index (χ0n) is 10.5. The highest BCUT2D eigenvalue weighted by Gasteiger charge is 2.48. The molecule has 0 aromatic heterocycles. The van der Waals surface area contributed by atoms with Crippen LogP contribution < -0.4 is 5.32 Å². The molecule has 2 N–H and O–H groups in total. The number of carboxylic acids is 1. The maximum atomic E-state index is 11.1. The molecule has 0 saturated heterocycles. The number of hydrogen-bond donors (Lipinski definition) is 2. The van der Waals surface area contributed by atoms with Crippen LogP contribution in [0.5, 0.6) is 0 Å². The summed E-state index contributed by atoms with van der Waals surface area (Å²) in [5.41, 5.74) is 0. The quantitative estimate of drug-likeness (QED) is 0.730. The summed E-state index contributed by atoms with van der Waals surface area (Å²) in [6.45, 7) is 0. The van der Waals surface area contributed by atoms with Crippen molar-refractivity contribution in [3.05, 3.63) is 0 Å². The van der Waals surface area contributed by atoms with Crippen molar-refractivity contribution in [3.8, 4) is 0 Å². The first-order valence-corrected chi connectivity index (χ1v) is 7.10. The Bertz CT molecular complexity index is 327. The minimum atomic E-state index is -0.893. The fourth-order valence-electron chi connectivity index (χ4n) is 5.02. The Balaban J connectivity index is 1.69. The smallest absolute Gasteiger partial charge is 0.326 e. The molecule has 4 saturated carbocycles. The average molecular weight is 251 g/mol. The van der Waals surface area contributed by atoms with E-state index in [0.29, 0.717) is 18.7 Å². The van der Waals surface area contributed by atoms with Crippen molar-refractivity contribution in [2.24, 2.45) is 29.6 Å². The van der Waals surface area contributed by atoms with Gasteiger partial charge in [0.15, 0.2) is 0 Å². The molecule has 4 heteroatoms. The van der Waals surface area contributed by atoms with Gasteiger partial charge in [0.1, 0.15) is 6.04 Å². The SMILES string of the molecule is O=CNC(CC1C2CC3CC(C2)CC1C3)C(=O)O. The summed E-state index contributed by atoms with van der Waals surface area (Å²) in [6, 6.07) is -0.690. The Hall–Kier alpha value is -1.06. The summed E-state index contributed by atoms with van der Waals surface area (Å²) in [5, 5.41) is 11.6. The van der Waals surface area contributed by atoms with Gasteiger partial charge in [-0.15, -0.1) is 0 Å². The molecule has 0 spiro atoms. The van der Waals surface area contributed by atoms with Gasteiger partial charge in [0.05, 0.1) is 0 Å². The van der Waals surface area contributed by atoms with Gasteiger partial charge in [0.25, 0.3) is 0 Å². The number of aliphatic carboxylic acids is 1. The summed E-state index contributed by atoms with van der Waals surface area (Å²) in [4.78, 5) is 21.6. The van der Waals surface area contributed by atoms with Crippen LogP contribution >= 0.6 is 0 Å². The molecular formula is C14H21NO3. The normalized spacial score (nSPS) is 42.6. The van der Waals surface area contributed by atoms with Crippen molar-refractivity contribution < 1.29 is 14.7 Å². The molecule has 4 aliphatic carbocycles. The lowest BCUT2D eigenvalue weighted by Crippen LogP contribution is -2.48. The Kier molecular flexibility index (Phi) is 3.04. The second kappa shape index (κ2) is 4.56. The molecular weight excluding hydrogens is 230 g/mol. The second-order valence-electron chi connectivity index (χ2n) is 6.51. The van der Waals surface area contributed by atoms with Gasteiger partial charge < -0.3 is 10.4 Å². The highest BCUT2D eigenvalue weighted by atomic mass is 16.4. The van der Waals surface area contributed by atoms with Crippen LogP contribution in [-0.4, -0.2) is 23.5 Å². The zero-order valence-corrected chi connectivity index (χ0v) is 10.5. The number of rotatable bonds is 5. The van der Waals surface area contributed by atoms with Crippen LogP contribution in [-0.2, 0) is 9.59 Å². The van der Waals surface area contributed by atoms with Gasteiger partial charge in [-0.3, -0.25) is 4.79 Å². The lowest BCUT2D eigenvalue weighted by Gasteiger charge is -2.55. The van der Waals surface area contributed by atoms with E-state index in [9.17, 15) is 9.59 Å². The van der Waals surface area contributed by atoms with E-state index in [-0.39, 0.29) is 0 Å². The number of carbonyl (C=O) groups excluding carboxylic acids is 1. The highest BCUT2D eigenvalue weighted by molar-refractivity contribution is 5.76. The van der Waals surface area contributed by atoms with Gasteiger partial charge in [-0.2, -0.15) is 0 Å². The Labute approximate surface area is 107 Å². The number of carbonyl (C=O) groups is 2. The first kappa shape index (κ1) is 12.0. The van der Waals surface area contributed by atoms with Gasteiger partial charge in [0.2, 0.25) is 6.41 Å². The van der Waals surface area contributed by atoms with Crippen molar-refractivity contribution in [1.82, 2.24) is 5.32 Å². The molecule has 1 unspecified atom stereocenters. The molecule has 0 radical (unpaired) electrons. The predicted octanol–water partition coefficient (Wildman–Crippen LogP) is 1.65. The Morgan fingerprint density at radius 3 is 2.17 bits per heavy atom. The van der Waals surface area contributed by atoms with E-state index >= 15 is 0 Å². The maximum Gasteiger partial charge on any atom is 0.326 e. The number of amides is 1. The average Bonchev–Trinajstić information content (AvgIpc) is 2.31. The summed E-state index contributed by atoms with van der Waals surface area (Å²) >= 11 is 0. The second-order valence-corrected chi connectivity index (χ2v) is 6.51. The van der Waals surface area contributed by atoms with Crippen LogP contribution in [0.15, 0.2) is 0 Å². The van der Waals surface area contributed by atoms with Gasteiger partial charge in [0, 0.05) is 0 Å². The topological polar surface area (TPSA) is 66.4 Å². The number of nitrogens with one attached hydrogen (secondary N) is 1. The monoisotopic (exact) mass is 251 g/mol. The molecule has 4 rings (SSSR count). The van der Waals surface area contributed by atoms with Crippen molar-refractivity contribution >= 4 is 12.4 Å². The largest absolute Gasteiger partial charge is 0.480 e. The molecule has 0 aromatic rings. The number of carboxylic acid groups (broad SMARTS) is 1. The van der Waals surface area contributed by atoms with Gasteiger partial charge in [-0.25, -0.2) is 4.79 Å². The third-order valence-electron chi connectivity index (χ3n) is 5.50. The third-order valence-corrected chi connectivity index (χ3v) is 5.50. The lowest BCUT2D eigenvalue weighted by atomic mass is 9.51. The minimum Gasteiger partial charge on any atom is -0.480 e. The standard InChI is InChI=1S/C14H21NO3/c16-7-15-13(14(17)18)6-12-10-2-8-1-9(4-10)5-11(12)3-8/h7-13H,1-6H2,(H,15,16)(H,17,18). The first-order valence-electron chi connectivity index (χ1n) is 7.10. The molecule has 100 valence electrons. The molecule has 0 aromatic carbocycles. The van der Waals surface area contributed by atoms with Crippen LogP contribution in [0.4, 0.5) is 0 Å². The molecule has 4 fully saturated rings. The zero-order chi connectivity index (χ0) is 12.7. The highest BCUT2D eigenvalue weighted by Crippen LogP contribution is 2.57. The van der Waals surface area contributed by atoms with Crippen molar-refractivity contribution in [2.45, 2.75) is 44.6 Å². The molecule has 4 bridgehead atoms. The van der Waals surface area contributed by atoms with E-state index in [1.165, 1.54) is 32.1 Å². The molecule has 4 aliphatic rings. The van der Waals surface area contributed by atoms with E-state index in [2.05, 4.69) is 5.32 Å². The van der Waals surface area contributed by atoms with Crippen LogP contribution in [0.1, 0.15) is 38.5 Å². The summed E-state index contributed by atoms with van der Waals surface area (Å²) < 4.78 is 0. The molecule has 1 atom stereocenters. The Morgan fingerprint density at radius 1 is 1.17 bits per heavy atom. The summed E-state index contributed by atoms with van der Waals surface area (Å²) in [6.07, 6.45) is 7.75. The molecule has 0 aliphatic heterocycles. The first-order chi connectivity index (χ1) is 8.67. The fraction of sp³-hybridized carbons (Fsp3) is 0.857. The predicted molar refractivity (Wildman–Crippen MR) is 65.8 cm³/mol. The molecule has 0 heterocycles. The van der Waals surface area contributed by atoms with Crippen LogP contribution in [0.3, 0.4) is 0 Å². The van der Waals surface area contributed by atoms with E-state index in [1.807, 2.05) is 0 Å². The molecule has 4 nitrogen and oxygen atoms in total. The van der Waals surface area contributed by atoms with Crippen molar-refractivity contribution in [1.29, 1.82) is 0 Å². The van der Waals surface area contributed by atoms with Gasteiger partial charge in [-0.1, -0.05) is 0 Å². The summed E-state index contributed by atoms with van der Waals surface area (Å²) in [5.74, 6) is 2.88. The van der Waals surface area contributed by atoms with E-state index < -0.39 is 12.0 Å². The lowest BCUT2D eigenvalue weighted by molar-refractivity contribution is -0.142. The van der Waals surface area contributed by atoms with Gasteiger partial charge in [-0.05, 0) is 68.1 Å². The van der Waals surface area contributed by atoms with Crippen LogP contribution in [0.25, 0.3) is 0 Å².